The van der Waals surface area contributed by atoms with Gasteiger partial charge in [-0.25, -0.2) is 9.67 Å². The van der Waals surface area contributed by atoms with E-state index in [-0.39, 0.29) is 29.2 Å². The smallest absolute Gasteiger partial charge is 0.273 e. The molecule has 0 aliphatic carbocycles. The third kappa shape index (κ3) is 8.34. The van der Waals surface area contributed by atoms with E-state index in [1.165, 1.54) is 11.3 Å². The average molecular weight is 765 g/mol. The van der Waals surface area contributed by atoms with Gasteiger partial charge >= 0.3 is 0 Å². The number of aryl methyl sites for hydroxylation is 1. The molecule has 13 nitrogen and oxygen atoms in total. The number of anilines is 1. The Morgan fingerprint density at radius 3 is 2.37 bits per heavy atom. The minimum absolute atomic E-state index is 0.182. The number of carbonyl (C=O) groups excluding carboxylic acids is 3. The van der Waals surface area contributed by atoms with Gasteiger partial charge in [0.25, 0.3) is 5.91 Å². The summed E-state index contributed by atoms with van der Waals surface area (Å²) in [6.07, 6.45) is 5.47. The van der Waals surface area contributed by atoms with Crippen molar-refractivity contribution < 1.29 is 14.4 Å². The van der Waals surface area contributed by atoms with Gasteiger partial charge < -0.3 is 10.2 Å². The number of aromatic amines is 1. The SMILES string of the molecule is Cc1cc(-c2[nH]nc3ncc(-c4ccc(N5CCN(CCc6ccc(C7CCC(=O)NC7=O)cc6)CC5)cc4)cc23)ccc1CNC(=O)c1cn(C(C)(C)C)nn1. The van der Waals surface area contributed by atoms with Crippen LogP contribution < -0.4 is 15.5 Å². The van der Waals surface area contributed by atoms with E-state index < -0.39 is 0 Å². The summed E-state index contributed by atoms with van der Waals surface area (Å²) in [5.74, 6) is -0.876. The number of aromatic nitrogens is 6. The average Bonchev–Trinajstić information content (AvgIpc) is 3.89. The Hall–Kier alpha value is -6.21. The number of nitrogens with one attached hydrogen (secondary N) is 3. The molecule has 5 heterocycles. The molecule has 1 unspecified atom stereocenters. The maximum atomic E-state index is 12.8. The molecule has 0 spiro atoms. The predicted molar refractivity (Wildman–Crippen MR) is 220 cm³/mol. The standard InChI is InChI=1S/C44H48N10O3/c1-28-23-32(9-10-33(28)25-46-43(57)38-27-54(51-48-38)44(2,3)4)40-37-24-34(26-45-41(37)50-49-40)30-11-13-35(14-12-30)53-21-19-52(20-22-53)18-17-29-5-7-31(8-6-29)36-15-16-39(55)47-42(36)56/h5-14,23-24,26-27,36H,15-22,25H2,1-4H3,(H,46,57)(H,45,49,50)(H,47,55,56). The highest BCUT2D eigenvalue weighted by molar-refractivity contribution is 6.01. The fourth-order valence-corrected chi connectivity index (χ4v) is 7.60. The third-order valence-electron chi connectivity index (χ3n) is 11.2. The van der Waals surface area contributed by atoms with Crippen molar-refractivity contribution in [3.63, 3.8) is 0 Å². The highest BCUT2D eigenvalue weighted by Gasteiger charge is 2.28. The van der Waals surface area contributed by atoms with Gasteiger partial charge in [-0.05, 0) is 92.6 Å². The van der Waals surface area contributed by atoms with Crippen LogP contribution in [0.5, 0.6) is 0 Å². The van der Waals surface area contributed by atoms with E-state index >= 15 is 0 Å². The van der Waals surface area contributed by atoms with Crippen LogP contribution in [-0.2, 0) is 28.1 Å². The lowest BCUT2D eigenvalue weighted by molar-refractivity contribution is -0.134. The van der Waals surface area contributed by atoms with E-state index in [0.717, 1.165) is 83.6 Å². The fraction of sp³-hybridized carbons (Fsp3) is 0.341. The molecule has 2 aliphatic heterocycles. The molecule has 2 saturated heterocycles. The molecular formula is C44H48N10O3. The van der Waals surface area contributed by atoms with Crippen molar-refractivity contribution in [2.45, 2.75) is 65.0 Å². The Labute approximate surface area is 331 Å². The normalized spacial score (nSPS) is 16.6. The van der Waals surface area contributed by atoms with Crippen LogP contribution in [0.1, 0.15) is 72.3 Å². The molecule has 0 saturated carbocycles. The first-order valence-corrected chi connectivity index (χ1v) is 19.6. The lowest BCUT2D eigenvalue weighted by Gasteiger charge is -2.36. The number of imide groups is 1. The highest BCUT2D eigenvalue weighted by atomic mass is 16.2. The minimum Gasteiger partial charge on any atom is -0.369 e. The van der Waals surface area contributed by atoms with Gasteiger partial charge in [-0.2, -0.15) is 5.10 Å². The number of pyridine rings is 1. The van der Waals surface area contributed by atoms with Crippen LogP contribution in [0.2, 0.25) is 0 Å². The van der Waals surface area contributed by atoms with Crippen molar-refractivity contribution in [2.75, 3.05) is 37.6 Å². The monoisotopic (exact) mass is 764 g/mol. The molecule has 3 aromatic heterocycles. The summed E-state index contributed by atoms with van der Waals surface area (Å²) in [6, 6.07) is 25.4. The Kier molecular flexibility index (Phi) is 10.4. The number of nitrogens with zero attached hydrogens (tertiary/aromatic N) is 7. The third-order valence-corrected chi connectivity index (χ3v) is 11.2. The first-order chi connectivity index (χ1) is 27.5. The van der Waals surface area contributed by atoms with Gasteiger partial charge in [0.05, 0.1) is 23.3 Å². The van der Waals surface area contributed by atoms with Crippen molar-refractivity contribution in [2.24, 2.45) is 0 Å². The van der Waals surface area contributed by atoms with Gasteiger partial charge in [0.2, 0.25) is 11.8 Å². The zero-order valence-corrected chi connectivity index (χ0v) is 32.9. The van der Waals surface area contributed by atoms with Crippen LogP contribution in [0.25, 0.3) is 33.4 Å². The molecule has 8 rings (SSSR count). The molecule has 1 atom stereocenters. The Bertz CT molecular complexity index is 2420. The molecular weight excluding hydrogens is 717 g/mol. The Morgan fingerprint density at radius 2 is 1.67 bits per heavy atom. The molecule has 2 aliphatic rings. The van der Waals surface area contributed by atoms with Gasteiger partial charge in [-0.3, -0.25) is 29.7 Å². The second-order valence-corrected chi connectivity index (χ2v) is 16.1. The first-order valence-electron chi connectivity index (χ1n) is 19.6. The number of carbonyl (C=O) groups is 3. The molecule has 0 radical (unpaired) electrons. The van der Waals surface area contributed by atoms with Gasteiger partial charge in [0.15, 0.2) is 11.3 Å². The molecule has 3 N–H and O–H groups in total. The summed E-state index contributed by atoms with van der Waals surface area (Å²) in [4.78, 5) is 46.2. The summed E-state index contributed by atoms with van der Waals surface area (Å²) in [5, 5.41) is 22.2. The maximum absolute atomic E-state index is 12.8. The van der Waals surface area contributed by atoms with Crippen LogP contribution in [0.3, 0.4) is 0 Å². The number of hydrogen-bond acceptors (Lipinski definition) is 9. The number of piperazine rings is 1. The summed E-state index contributed by atoms with van der Waals surface area (Å²) in [7, 11) is 0. The molecule has 0 bridgehead atoms. The zero-order chi connectivity index (χ0) is 39.7. The first kappa shape index (κ1) is 37.7. The maximum Gasteiger partial charge on any atom is 0.273 e. The van der Waals surface area contributed by atoms with Gasteiger partial charge in [-0.1, -0.05) is 53.7 Å². The van der Waals surface area contributed by atoms with Crippen molar-refractivity contribution >= 4 is 34.4 Å². The minimum atomic E-state index is -0.260. The van der Waals surface area contributed by atoms with E-state index in [1.807, 2.05) is 58.2 Å². The van der Waals surface area contributed by atoms with E-state index in [0.29, 0.717) is 30.7 Å². The second kappa shape index (κ2) is 15.7. The molecule has 3 amide bonds. The van der Waals surface area contributed by atoms with Crippen molar-refractivity contribution in [1.29, 1.82) is 0 Å². The van der Waals surface area contributed by atoms with Gasteiger partial charge in [0.1, 0.15) is 0 Å². The highest BCUT2D eigenvalue weighted by Crippen LogP contribution is 2.32. The summed E-state index contributed by atoms with van der Waals surface area (Å²) in [5.41, 5.74) is 10.2. The number of piperidine rings is 1. The summed E-state index contributed by atoms with van der Waals surface area (Å²) >= 11 is 0. The molecule has 292 valence electrons. The number of H-pyrrole nitrogens is 1. The van der Waals surface area contributed by atoms with Crippen LogP contribution >= 0.6 is 0 Å². The molecule has 2 fully saturated rings. The topological polar surface area (TPSA) is 154 Å². The van der Waals surface area contributed by atoms with Crippen LogP contribution in [-0.4, -0.2) is 85.5 Å². The quantitative estimate of drug-likeness (QED) is 0.148. The van der Waals surface area contributed by atoms with Crippen LogP contribution in [0, 0.1) is 6.92 Å². The molecule has 13 heteroatoms. The number of fused-ring (bicyclic) bond motifs is 1. The van der Waals surface area contributed by atoms with Gasteiger partial charge in [-0.15, -0.1) is 5.10 Å². The summed E-state index contributed by atoms with van der Waals surface area (Å²) in [6.45, 7) is 13.4. The van der Waals surface area contributed by atoms with E-state index in [9.17, 15) is 14.4 Å². The second-order valence-electron chi connectivity index (χ2n) is 16.1. The molecule has 57 heavy (non-hydrogen) atoms. The fourth-order valence-electron chi connectivity index (χ4n) is 7.60. The molecule has 6 aromatic rings. The Balaban J connectivity index is 0.854. The Morgan fingerprint density at radius 1 is 0.912 bits per heavy atom. The number of rotatable bonds is 10. The lowest BCUT2D eigenvalue weighted by atomic mass is 9.90. The van der Waals surface area contributed by atoms with E-state index in [4.69, 9.17) is 0 Å². The number of benzene rings is 3. The predicted octanol–water partition coefficient (Wildman–Crippen LogP) is 5.76. The number of hydrogen-bond donors (Lipinski definition) is 3. The lowest BCUT2D eigenvalue weighted by Crippen LogP contribution is -2.47. The van der Waals surface area contributed by atoms with Crippen molar-refractivity contribution in [1.82, 2.24) is 45.7 Å². The van der Waals surface area contributed by atoms with E-state index in [2.05, 4.69) is 94.5 Å². The van der Waals surface area contributed by atoms with Crippen molar-refractivity contribution in [3.05, 3.63) is 113 Å². The zero-order valence-electron chi connectivity index (χ0n) is 32.9. The van der Waals surface area contributed by atoms with Crippen LogP contribution in [0.15, 0.2) is 85.2 Å². The largest absolute Gasteiger partial charge is 0.369 e. The van der Waals surface area contributed by atoms with Crippen molar-refractivity contribution in [3.8, 4) is 22.4 Å². The molecule has 3 aromatic carbocycles. The van der Waals surface area contributed by atoms with E-state index in [1.54, 1.807) is 10.9 Å². The van der Waals surface area contributed by atoms with Gasteiger partial charge in [0, 0.05) is 74.1 Å². The number of amides is 3. The summed E-state index contributed by atoms with van der Waals surface area (Å²) < 4.78 is 1.69. The van der Waals surface area contributed by atoms with Crippen LogP contribution in [0.4, 0.5) is 5.69 Å².